The Bertz CT molecular complexity index is 2600. The minimum atomic E-state index is -0.456. The molecule has 0 unspecified atom stereocenters. The van der Waals surface area contributed by atoms with E-state index in [9.17, 15) is 9.59 Å². The highest BCUT2D eigenvalue weighted by molar-refractivity contribution is 6.07. The monoisotopic (exact) mass is 805 g/mol. The first-order valence-electron chi connectivity index (χ1n) is 19.4. The van der Waals surface area contributed by atoms with Crippen molar-refractivity contribution < 1.29 is 28.5 Å². The van der Waals surface area contributed by atoms with Crippen LogP contribution in [0.1, 0.15) is 10.4 Å². The predicted molar refractivity (Wildman–Crippen MR) is 230 cm³/mol. The third kappa shape index (κ3) is 9.28. The molecule has 60 heavy (non-hydrogen) atoms. The Hall–Kier alpha value is -7.49. The van der Waals surface area contributed by atoms with E-state index < -0.39 is 6.03 Å². The topological polar surface area (TPSA) is 166 Å². The first-order valence-corrected chi connectivity index (χ1v) is 19.4. The van der Waals surface area contributed by atoms with Crippen LogP contribution < -0.4 is 35.5 Å². The van der Waals surface area contributed by atoms with E-state index in [1.54, 1.807) is 54.4 Å². The zero-order valence-electron chi connectivity index (χ0n) is 33.1. The summed E-state index contributed by atoms with van der Waals surface area (Å²) in [5.41, 5.74) is 3.96. The second-order valence-electron chi connectivity index (χ2n) is 13.7. The molecule has 1 aliphatic heterocycles. The number of anilines is 4. The number of urea groups is 1. The number of rotatable bonds is 14. The van der Waals surface area contributed by atoms with Crippen LogP contribution in [0.25, 0.3) is 27.7 Å². The Morgan fingerprint density at radius 1 is 0.767 bits per heavy atom. The fraction of sp³-hybridized carbons (Fsp3) is 0.178. The Labute approximate surface area is 346 Å². The van der Waals surface area contributed by atoms with Crippen molar-refractivity contribution >= 4 is 45.9 Å². The highest BCUT2D eigenvalue weighted by Gasteiger charge is 2.18. The maximum atomic E-state index is 13.6. The molecular formula is C45H43N9O6. The van der Waals surface area contributed by atoms with Crippen molar-refractivity contribution in [2.45, 2.75) is 0 Å². The third-order valence-corrected chi connectivity index (χ3v) is 9.84. The van der Waals surface area contributed by atoms with Gasteiger partial charge in [-0.25, -0.2) is 14.5 Å². The van der Waals surface area contributed by atoms with Crippen LogP contribution in [-0.2, 0) is 4.74 Å². The number of nitrogens with one attached hydrogen (secondary N) is 4. The smallest absolute Gasteiger partial charge is 0.324 e. The van der Waals surface area contributed by atoms with Crippen molar-refractivity contribution in [2.24, 2.45) is 0 Å². The molecule has 3 amide bonds. The SMILES string of the molecule is COc1ccc(-n2nc(-c3ccccc3)cc2NC(=O)Nc2ccc(Oc3ccnc(Nc4ccc(C(=O)NCCN5CCOCC5)cc4OC)n3)c3ccccc23)cc1. The maximum Gasteiger partial charge on any atom is 0.324 e. The van der Waals surface area contributed by atoms with Crippen LogP contribution in [0.4, 0.5) is 27.9 Å². The number of aromatic nitrogens is 4. The highest BCUT2D eigenvalue weighted by Crippen LogP contribution is 2.35. The van der Waals surface area contributed by atoms with E-state index >= 15 is 0 Å². The van der Waals surface area contributed by atoms with Crippen molar-refractivity contribution in [1.82, 2.24) is 30.0 Å². The maximum absolute atomic E-state index is 13.6. The van der Waals surface area contributed by atoms with Gasteiger partial charge in [-0.1, -0.05) is 54.6 Å². The lowest BCUT2D eigenvalue weighted by Gasteiger charge is -2.26. The molecular weight excluding hydrogens is 763 g/mol. The normalized spacial score (nSPS) is 12.7. The van der Waals surface area contributed by atoms with Crippen molar-refractivity contribution in [3.63, 3.8) is 0 Å². The van der Waals surface area contributed by atoms with E-state index in [4.69, 9.17) is 24.0 Å². The van der Waals surface area contributed by atoms with Crippen LogP contribution in [-0.4, -0.2) is 90.2 Å². The lowest BCUT2D eigenvalue weighted by Crippen LogP contribution is -2.41. The molecule has 7 aromatic rings. The van der Waals surface area contributed by atoms with Crippen LogP contribution in [0.3, 0.4) is 0 Å². The molecule has 1 aliphatic rings. The van der Waals surface area contributed by atoms with Gasteiger partial charge in [-0.2, -0.15) is 10.1 Å². The summed E-state index contributed by atoms with van der Waals surface area (Å²) in [6.45, 7) is 4.42. The standard InChI is InChI=1S/C45H43N9O6/c1-57-33-15-13-32(14-16-33)54-41(29-38(52-54)30-8-4-3-5-9-30)50-45(56)49-36-18-19-39(35-11-7-6-10-34(35)36)60-42-20-21-47-44(51-42)48-37-17-12-31(28-40(37)58-2)43(55)46-22-23-53-24-26-59-27-25-53/h3-21,28-29H,22-27H2,1-2H3,(H,46,55)(H,47,48,51)(H2,49,50,56). The van der Waals surface area contributed by atoms with Crippen LogP contribution in [0.5, 0.6) is 23.1 Å². The number of methoxy groups -OCH3 is 2. The molecule has 1 saturated heterocycles. The average molecular weight is 806 g/mol. The van der Waals surface area contributed by atoms with E-state index in [1.807, 2.05) is 84.9 Å². The zero-order chi connectivity index (χ0) is 41.3. The molecule has 304 valence electrons. The van der Waals surface area contributed by atoms with Crippen LogP contribution in [0.15, 0.2) is 128 Å². The number of ether oxygens (including phenoxy) is 4. The molecule has 3 heterocycles. The summed E-state index contributed by atoms with van der Waals surface area (Å²) in [5.74, 6) is 2.51. The Morgan fingerprint density at radius 3 is 2.32 bits per heavy atom. The van der Waals surface area contributed by atoms with Gasteiger partial charge in [-0.15, -0.1) is 0 Å². The Kier molecular flexibility index (Phi) is 12.1. The van der Waals surface area contributed by atoms with E-state index in [2.05, 4.69) is 36.1 Å². The minimum Gasteiger partial charge on any atom is -0.497 e. The number of fused-ring (bicyclic) bond motifs is 1. The van der Waals surface area contributed by atoms with Gasteiger partial charge in [0.05, 0.1) is 50.2 Å². The lowest BCUT2D eigenvalue weighted by atomic mass is 10.1. The number of benzene rings is 5. The number of morpholine rings is 1. The molecule has 5 aromatic carbocycles. The summed E-state index contributed by atoms with van der Waals surface area (Å²) in [4.78, 5) is 37.8. The Morgan fingerprint density at radius 2 is 1.53 bits per heavy atom. The van der Waals surface area contributed by atoms with Gasteiger partial charge < -0.3 is 34.9 Å². The average Bonchev–Trinajstić information content (AvgIpc) is 3.71. The minimum absolute atomic E-state index is 0.191. The van der Waals surface area contributed by atoms with Crippen molar-refractivity contribution in [2.75, 3.05) is 69.6 Å². The lowest BCUT2D eigenvalue weighted by molar-refractivity contribution is 0.0383. The number of carbonyl (C=O) groups excluding carboxylic acids is 2. The summed E-state index contributed by atoms with van der Waals surface area (Å²) in [6.07, 6.45) is 1.58. The first kappa shape index (κ1) is 39.3. The molecule has 4 N–H and O–H groups in total. The fourth-order valence-electron chi connectivity index (χ4n) is 6.76. The molecule has 15 heteroatoms. The largest absolute Gasteiger partial charge is 0.497 e. The number of carbonyl (C=O) groups is 2. The molecule has 15 nitrogen and oxygen atoms in total. The van der Waals surface area contributed by atoms with Gasteiger partial charge in [0.25, 0.3) is 5.91 Å². The van der Waals surface area contributed by atoms with Crippen molar-refractivity contribution in [3.8, 4) is 40.1 Å². The number of amides is 3. The molecule has 0 saturated carbocycles. The van der Waals surface area contributed by atoms with E-state index in [1.165, 1.54) is 7.11 Å². The summed E-state index contributed by atoms with van der Waals surface area (Å²) < 4.78 is 24.3. The number of nitrogens with zero attached hydrogens (tertiary/aromatic N) is 5. The summed E-state index contributed by atoms with van der Waals surface area (Å²) in [7, 11) is 3.15. The van der Waals surface area contributed by atoms with Gasteiger partial charge in [-0.3, -0.25) is 15.0 Å². The van der Waals surface area contributed by atoms with Gasteiger partial charge in [0.1, 0.15) is 23.1 Å². The van der Waals surface area contributed by atoms with E-state index in [-0.39, 0.29) is 17.7 Å². The number of hydrogen-bond donors (Lipinski definition) is 4. The zero-order valence-corrected chi connectivity index (χ0v) is 33.1. The molecule has 0 atom stereocenters. The van der Waals surface area contributed by atoms with E-state index in [0.717, 1.165) is 41.7 Å². The summed E-state index contributed by atoms with van der Waals surface area (Å²) >= 11 is 0. The molecule has 0 bridgehead atoms. The van der Waals surface area contributed by atoms with Gasteiger partial charge in [0.15, 0.2) is 0 Å². The van der Waals surface area contributed by atoms with Crippen LogP contribution in [0, 0.1) is 0 Å². The molecule has 0 radical (unpaired) electrons. The Balaban J connectivity index is 0.954. The molecule has 2 aromatic heterocycles. The predicted octanol–water partition coefficient (Wildman–Crippen LogP) is 7.74. The summed E-state index contributed by atoms with van der Waals surface area (Å²) in [6, 6.07) is 36.5. The first-order chi connectivity index (χ1) is 29.4. The van der Waals surface area contributed by atoms with Crippen LogP contribution in [0.2, 0.25) is 0 Å². The van der Waals surface area contributed by atoms with Gasteiger partial charge in [0.2, 0.25) is 11.8 Å². The molecule has 1 fully saturated rings. The van der Waals surface area contributed by atoms with Crippen LogP contribution >= 0.6 is 0 Å². The summed E-state index contributed by atoms with van der Waals surface area (Å²) in [5, 5.41) is 18.5. The second kappa shape index (κ2) is 18.4. The van der Waals surface area contributed by atoms with Gasteiger partial charge >= 0.3 is 6.03 Å². The molecule has 0 spiro atoms. The van der Waals surface area contributed by atoms with E-state index in [0.29, 0.717) is 65.5 Å². The number of hydrogen-bond acceptors (Lipinski definition) is 11. The quantitative estimate of drug-likeness (QED) is 0.0850. The fourth-order valence-corrected chi connectivity index (χ4v) is 6.76. The van der Waals surface area contributed by atoms with Crippen molar-refractivity contribution in [1.29, 1.82) is 0 Å². The second-order valence-corrected chi connectivity index (χ2v) is 13.7. The molecule has 8 rings (SSSR count). The van der Waals surface area contributed by atoms with Gasteiger partial charge in [-0.05, 0) is 54.6 Å². The van der Waals surface area contributed by atoms with Crippen molar-refractivity contribution in [3.05, 3.63) is 133 Å². The van der Waals surface area contributed by atoms with Gasteiger partial charge in [0, 0.05) is 66.4 Å². The highest BCUT2D eigenvalue weighted by atomic mass is 16.5. The molecule has 0 aliphatic carbocycles. The third-order valence-electron chi connectivity index (χ3n) is 9.84.